The Bertz CT molecular complexity index is 607. The van der Waals surface area contributed by atoms with Crippen molar-refractivity contribution in [1.82, 2.24) is 4.57 Å². The number of aromatic nitrogens is 1. The zero-order valence-corrected chi connectivity index (χ0v) is 13.0. The highest BCUT2D eigenvalue weighted by Crippen LogP contribution is 2.27. The zero-order chi connectivity index (χ0) is 12.4. The minimum Gasteiger partial charge on any atom is -0.308 e. The van der Waals surface area contributed by atoms with E-state index < -0.39 is 0 Å². The lowest BCUT2D eigenvalue weighted by Crippen LogP contribution is -2.22. The van der Waals surface area contributed by atoms with E-state index in [0.717, 1.165) is 19.3 Å². The Morgan fingerprint density at radius 1 is 1.24 bits per heavy atom. The first kappa shape index (κ1) is 12.8. The van der Waals surface area contributed by atoms with E-state index in [1.54, 1.807) is 4.57 Å². The summed E-state index contributed by atoms with van der Waals surface area (Å²) < 4.78 is 3.55. The number of pyridine rings is 1. The van der Waals surface area contributed by atoms with Crippen LogP contribution in [-0.2, 0) is 6.54 Å². The van der Waals surface area contributed by atoms with Gasteiger partial charge in [-0.25, -0.2) is 0 Å². The van der Waals surface area contributed by atoms with Crippen molar-refractivity contribution in [3.8, 4) is 11.3 Å². The van der Waals surface area contributed by atoms with Crippen molar-refractivity contribution >= 4 is 38.5 Å². The van der Waals surface area contributed by atoms with Gasteiger partial charge in [-0.05, 0) is 47.7 Å². The molecule has 0 bridgehead atoms. The van der Waals surface area contributed by atoms with Crippen LogP contribution in [0.15, 0.2) is 45.7 Å². The smallest absolute Gasteiger partial charge is 0.264 e. The summed E-state index contributed by atoms with van der Waals surface area (Å²) in [6.45, 7) is 2.66. The maximum Gasteiger partial charge on any atom is 0.264 e. The first-order valence-electron chi connectivity index (χ1n) is 5.29. The van der Waals surface area contributed by atoms with Crippen LogP contribution < -0.4 is 5.56 Å². The van der Waals surface area contributed by atoms with Crippen LogP contribution >= 0.6 is 38.5 Å². The molecule has 1 heterocycles. The van der Waals surface area contributed by atoms with E-state index in [1.807, 2.05) is 43.3 Å². The van der Waals surface area contributed by atoms with Crippen molar-refractivity contribution in [2.75, 3.05) is 0 Å². The third-order valence-corrected chi connectivity index (χ3v) is 4.11. The molecule has 1 aromatic heterocycles. The SMILES string of the molecule is CCn1c(-c2ccccc2Br)ccc(I)c1=O. The van der Waals surface area contributed by atoms with Gasteiger partial charge in [-0.3, -0.25) is 4.79 Å². The second-order valence-corrected chi connectivity index (χ2v) is 5.61. The second kappa shape index (κ2) is 5.35. The lowest BCUT2D eigenvalue weighted by Gasteiger charge is -2.12. The topological polar surface area (TPSA) is 22.0 Å². The monoisotopic (exact) mass is 403 g/mol. The van der Waals surface area contributed by atoms with E-state index in [4.69, 9.17) is 0 Å². The molecule has 17 heavy (non-hydrogen) atoms. The van der Waals surface area contributed by atoms with Gasteiger partial charge >= 0.3 is 0 Å². The molecule has 0 aliphatic rings. The number of hydrogen-bond acceptors (Lipinski definition) is 1. The van der Waals surface area contributed by atoms with Crippen molar-refractivity contribution in [3.05, 3.63) is 54.8 Å². The molecule has 0 amide bonds. The number of halogens is 2. The van der Waals surface area contributed by atoms with E-state index in [1.165, 1.54) is 0 Å². The van der Waals surface area contributed by atoms with Crippen molar-refractivity contribution in [3.63, 3.8) is 0 Å². The maximum absolute atomic E-state index is 12.0. The van der Waals surface area contributed by atoms with Gasteiger partial charge in [0.1, 0.15) is 0 Å². The number of hydrogen-bond donors (Lipinski definition) is 0. The molecule has 0 aliphatic carbocycles. The van der Waals surface area contributed by atoms with Gasteiger partial charge in [0.05, 0.1) is 9.26 Å². The molecule has 0 saturated heterocycles. The van der Waals surface area contributed by atoms with Gasteiger partial charge in [0.15, 0.2) is 0 Å². The molecule has 2 aromatic rings. The summed E-state index contributed by atoms with van der Waals surface area (Å²) >= 11 is 5.60. The highest BCUT2D eigenvalue weighted by Gasteiger charge is 2.09. The van der Waals surface area contributed by atoms with Crippen LogP contribution in [0, 0.1) is 3.57 Å². The fraction of sp³-hybridized carbons (Fsp3) is 0.154. The molecule has 0 fully saturated rings. The Balaban J connectivity index is 2.73. The van der Waals surface area contributed by atoms with Crippen LogP contribution in [0.5, 0.6) is 0 Å². The first-order chi connectivity index (χ1) is 8.15. The number of benzene rings is 1. The third-order valence-electron chi connectivity index (χ3n) is 2.59. The Morgan fingerprint density at radius 2 is 1.94 bits per heavy atom. The standard InChI is InChI=1S/C13H11BrINO/c1-2-16-12(8-7-11(15)13(16)17)9-5-3-4-6-10(9)14/h3-8H,2H2,1H3. The summed E-state index contributed by atoms with van der Waals surface area (Å²) in [4.78, 5) is 12.0. The fourth-order valence-electron chi connectivity index (χ4n) is 1.77. The zero-order valence-electron chi connectivity index (χ0n) is 9.28. The van der Waals surface area contributed by atoms with E-state index in [-0.39, 0.29) is 5.56 Å². The summed E-state index contributed by atoms with van der Waals surface area (Å²) in [6.07, 6.45) is 0. The van der Waals surface area contributed by atoms with E-state index in [2.05, 4.69) is 38.5 Å². The van der Waals surface area contributed by atoms with E-state index in [0.29, 0.717) is 6.54 Å². The summed E-state index contributed by atoms with van der Waals surface area (Å²) in [5.74, 6) is 0. The average molecular weight is 404 g/mol. The molecule has 2 nitrogen and oxygen atoms in total. The predicted molar refractivity (Wildman–Crippen MR) is 82.2 cm³/mol. The Morgan fingerprint density at radius 3 is 2.59 bits per heavy atom. The second-order valence-electron chi connectivity index (χ2n) is 3.60. The summed E-state index contributed by atoms with van der Waals surface area (Å²) in [5.41, 5.74) is 2.06. The van der Waals surface area contributed by atoms with Crippen molar-refractivity contribution < 1.29 is 0 Å². The van der Waals surface area contributed by atoms with Gasteiger partial charge in [0.25, 0.3) is 5.56 Å². The lowest BCUT2D eigenvalue weighted by molar-refractivity contribution is 0.731. The molecule has 0 aliphatic heterocycles. The third kappa shape index (κ3) is 2.47. The molecule has 0 N–H and O–H groups in total. The lowest BCUT2D eigenvalue weighted by atomic mass is 10.1. The molecule has 88 valence electrons. The Kier molecular flexibility index (Phi) is 4.04. The van der Waals surface area contributed by atoms with Crippen LogP contribution in [-0.4, -0.2) is 4.57 Å². The van der Waals surface area contributed by atoms with E-state index in [9.17, 15) is 4.79 Å². The summed E-state index contributed by atoms with van der Waals surface area (Å²) in [6, 6.07) is 11.8. The maximum atomic E-state index is 12.0. The molecule has 0 atom stereocenters. The van der Waals surface area contributed by atoms with E-state index >= 15 is 0 Å². The number of rotatable bonds is 2. The molecule has 0 unspecified atom stereocenters. The molecule has 4 heteroatoms. The average Bonchev–Trinajstić information content (AvgIpc) is 2.33. The van der Waals surface area contributed by atoms with Gasteiger partial charge < -0.3 is 4.57 Å². The molecule has 2 rings (SSSR count). The molecule has 1 aromatic carbocycles. The normalized spacial score (nSPS) is 10.5. The van der Waals surface area contributed by atoms with Crippen LogP contribution in [0.4, 0.5) is 0 Å². The van der Waals surface area contributed by atoms with Crippen LogP contribution in [0.1, 0.15) is 6.92 Å². The van der Waals surface area contributed by atoms with Crippen molar-refractivity contribution in [2.24, 2.45) is 0 Å². The van der Waals surface area contributed by atoms with Crippen molar-refractivity contribution in [2.45, 2.75) is 13.5 Å². The fourth-order valence-corrected chi connectivity index (χ4v) is 2.73. The Labute approximate surface area is 122 Å². The Hall–Kier alpha value is -0.620. The number of nitrogens with zero attached hydrogens (tertiary/aromatic N) is 1. The highest BCUT2D eigenvalue weighted by atomic mass is 127. The van der Waals surface area contributed by atoms with Gasteiger partial charge in [-0.15, -0.1) is 0 Å². The summed E-state index contributed by atoms with van der Waals surface area (Å²) in [5, 5.41) is 0. The first-order valence-corrected chi connectivity index (χ1v) is 7.16. The quantitative estimate of drug-likeness (QED) is 0.697. The molecule has 0 saturated carbocycles. The van der Waals surface area contributed by atoms with Gasteiger partial charge in [0, 0.05) is 16.6 Å². The molecule has 0 radical (unpaired) electrons. The van der Waals surface area contributed by atoms with Crippen LogP contribution in [0.3, 0.4) is 0 Å². The predicted octanol–water partition coefficient (Wildman–Crippen LogP) is 3.90. The van der Waals surface area contributed by atoms with Gasteiger partial charge in [-0.1, -0.05) is 34.1 Å². The minimum atomic E-state index is 0.0707. The molecular weight excluding hydrogens is 393 g/mol. The molecule has 0 spiro atoms. The molecular formula is C13H11BrINO. The summed E-state index contributed by atoms with van der Waals surface area (Å²) in [7, 11) is 0. The van der Waals surface area contributed by atoms with Gasteiger partial charge in [0.2, 0.25) is 0 Å². The largest absolute Gasteiger partial charge is 0.308 e. The van der Waals surface area contributed by atoms with Gasteiger partial charge in [-0.2, -0.15) is 0 Å². The van der Waals surface area contributed by atoms with Crippen LogP contribution in [0.2, 0.25) is 0 Å². The minimum absolute atomic E-state index is 0.0707. The van der Waals surface area contributed by atoms with Crippen molar-refractivity contribution in [1.29, 1.82) is 0 Å². The van der Waals surface area contributed by atoms with Crippen LogP contribution in [0.25, 0.3) is 11.3 Å². The highest BCUT2D eigenvalue weighted by molar-refractivity contribution is 14.1.